The van der Waals surface area contributed by atoms with Gasteiger partial charge in [-0.3, -0.25) is 9.59 Å². The van der Waals surface area contributed by atoms with Gasteiger partial charge in [0.1, 0.15) is 18.0 Å². The van der Waals surface area contributed by atoms with E-state index in [4.69, 9.17) is 18.9 Å². The lowest BCUT2D eigenvalue weighted by atomic mass is 9.40. The first kappa shape index (κ1) is 54.0. The maximum absolute atomic E-state index is 16.5. The van der Waals surface area contributed by atoms with Crippen molar-refractivity contribution >= 4 is 28.8 Å². The second-order valence-corrected chi connectivity index (χ2v) is 23.8. The van der Waals surface area contributed by atoms with Crippen molar-refractivity contribution in [3.05, 3.63) is 191 Å². The lowest BCUT2D eigenvalue weighted by Gasteiger charge is -2.64. The molecule has 81 heavy (non-hydrogen) atoms. The topological polar surface area (TPSA) is 172 Å². The van der Waals surface area contributed by atoms with Crippen LogP contribution in [0.25, 0.3) is 28.0 Å². The molecule has 0 bridgehead atoms. The fourth-order valence-electron chi connectivity index (χ4n) is 16.2. The normalized spacial score (nSPS) is 27.7. The van der Waals surface area contributed by atoms with Gasteiger partial charge >= 0.3 is 11.9 Å². The zero-order valence-corrected chi connectivity index (χ0v) is 46.2. The second kappa shape index (κ2) is 22.0. The quantitative estimate of drug-likeness (QED) is 0.0656. The maximum atomic E-state index is 16.5. The van der Waals surface area contributed by atoms with Crippen LogP contribution < -0.4 is 9.47 Å². The Morgan fingerprint density at radius 1 is 0.741 bits per heavy atom. The first-order valence-electron chi connectivity index (χ1n) is 28.9. The average molecular weight is 1090 g/mol. The summed E-state index contributed by atoms with van der Waals surface area (Å²) in [6, 6.07) is 47.0. The molecule has 3 saturated carbocycles. The van der Waals surface area contributed by atoms with E-state index in [2.05, 4.69) is 30.4 Å². The number of phenols is 3. The zero-order chi connectivity index (χ0) is 56.2. The molecule has 0 radical (unpaired) electrons. The van der Waals surface area contributed by atoms with Crippen LogP contribution in [0.15, 0.2) is 152 Å². The Morgan fingerprint density at radius 2 is 1.44 bits per heavy atom. The third-order valence-electron chi connectivity index (χ3n) is 19.5. The number of hydrogen-bond donors (Lipinski definition) is 5. The van der Waals surface area contributed by atoms with Gasteiger partial charge in [-0.2, -0.15) is 0 Å². The van der Waals surface area contributed by atoms with Crippen molar-refractivity contribution in [3.8, 4) is 39.9 Å². The number of fused-ring (bicyclic) bond motifs is 5. The lowest BCUT2D eigenvalue weighted by molar-refractivity contribution is -0.179. The molecule has 0 spiro atoms. The molecule has 7 aromatic rings. The summed E-state index contributed by atoms with van der Waals surface area (Å²) in [5.74, 6) is -2.17. The fourth-order valence-corrected chi connectivity index (χ4v) is 16.2. The molecule has 0 heterocycles. The van der Waals surface area contributed by atoms with Crippen molar-refractivity contribution in [2.45, 2.75) is 119 Å². The van der Waals surface area contributed by atoms with Crippen LogP contribution in [-0.4, -0.2) is 76.1 Å². The third-order valence-corrected chi connectivity index (χ3v) is 19.5. The largest absolute Gasteiger partial charge is 0.508 e. The van der Waals surface area contributed by atoms with Crippen LogP contribution in [0.1, 0.15) is 109 Å². The summed E-state index contributed by atoms with van der Waals surface area (Å²) in [5, 5.41) is 60.3. The molecule has 5 N–H and O–H groups in total. The van der Waals surface area contributed by atoms with Gasteiger partial charge in [0.05, 0.1) is 31.8 Å². The van der Waals surface area contributed by atoms with Crippen LogP contribution in [0.4, 0.5) is 0 Å². The van der Waals surface area contributed by atoms with Gasteiger partial charge in [-0.25, -0.2) is 0 Å². The molecule has 7 aromatic carbocycles. The van der Waals surface area contributed by atoms with Gasteiger partial charge < -0.3 is 44.5 Å². The first-order valence-corrected chi connectivity index (χ1v) is 28.9. The Kier molecular flexibility index (Phi) is 14.7. The number of aromatic hydroxyl groups is 3. The summed E-state index contributed by atoms with van der Waals surface area (Å²) in [6.45, 7) is 1.43. The van der Waals surface area contributed by atoms with Crippen LogP contribution in [0.3, 0.4) is 0 Å². The molecule has 0 aromatic heterocycles. The molecule has 12 atom stereocenters. The number of benzene rings is 7. The summed E-state index contributed by atoms with van der Waals surface area (Å²) < 4.78 is 25.6. The van der Waals surface area contributed by atoms with E-state index in [1.54, 1.807) is 24.3 Å². The number of aliphatic hydroxyl groups excluding tert-OH is 2. The van der Waals surface area contributed by atoms with E-state index in [1.807, 2.05) is 103 Å². The van der Waals surface area contributed by atoms with Gasteiger partial charge in [0.15, 0.2) is 23.0 Å². The van der Waals surface area contributed by atoms with Gasteiger partial charge in [0.2, 0.25) is 0 Å². The predicted molar refractivity (Wildman–Crippen MR) is 311 cm³/mol. The van der Waals surface area contributed by atoms with Crippen molar-refractivity contribution in [1.82, 2.24) is 0 Å². The number of hydrogen-bond acceptors (Lipinski definition) is 11. The fraction of sp³-hybridized carbons (Fsp3) is 0.371. The van der Waals surface area contributed by atoms with Crippen molar-refractivity contribution in [3.63, 3.8) is 0 Å². The maximum Gasteiger partial charge on any atom is 0.317 e. The Balaban J connectivity index is 1.03. The highest BCUT2D eigenvalue weighted by molar-refractivity contribution is 5.99. The van der Waals surface area contributed by atoms with E-state index in [0.29, 0.717) is 62.9 Å². The molecule has 0 unspecified atom stereocenters. The first-order chi connectivity index (χ1) is 39.3. The molecular weight excluding hydrogens is 1020 g/mol. The number of carbonyl (C=O) groups is 2. The van der Waals surface area contributed by atoms with Gasteiger partial charge in [-0.05, 0) is 191 Å². The minimum Gasteiger partial charge on any atom is -0.508 e. The van der Waals surface area contributed by atoms with Crippen molar-refractivity contribution in [2.24, 2.45) is 29.1 Å². The number of methoxy groups -OCH3 is 2. The Morgan fingerprint density at radius 3 is 2.19 bits per heavy atom. The van der Waals surface area contributed by atoms with Crippen molar-refractivity contribution in [1.29, 1.82) is 0 Å². The van der Waals surface area contributed by atoms with E-state index >= 15 is 4.79 Å². The highest BCUT2D eigenvalue weighted by Crippen LogP contribution is 2.70. The molecule has 3 fully saturated rings. The molecule has 0 saturated heterocycles. The lowest BCUT2D eigenvalue weighted by Crippen LogP contribution is -2.62. The molecule has 5 aliphatic carbocycles. The van der Waals surface area contributed by atoms with Crippen molar-refractivity contribution in [2.75, 3.05) is 14.2 Å². The highest BCUT2D eigenvalue weighted by Gasteiger charge is 2.66. The van der Waals surface area contributed by atoms with Crippen LogP contribution in [0.2, 0.25) is 0 Å². The summed E-state index contributed by atoms with van der Waals surface area (Å²) in [4.78, 5) is 30.3. The van der Waals surface area contributed by atoms with Gasteiger partial charge in [0, 0.05) is 24.7 Å². The molecule has 418 valence electrons. The minimum absolute atomic E-state index is 0.000639. The summed E-state index contributed by atoms with van der Waals surface area (Å²) >= 11 is 0. The van der Waals surface area contributed by atoms with E-state index in [0.717, 1.165) is 73.7 Å². The van der Waals surface area contributed by atoms with Crippen LogP contribution >= 0.6 is 0 Å². The number of carbonyl (C=O) groups excluding carboxylic acids is 2. The van der Waals surface area contributed by atoms with Crippen LogP contribution in [-0.2, 0) is 43.7 Å². The Bertz CT molecular complexity index is 3490. The minimum atomic E-state index is -1.16. The standard InChI is InChI=1S/C70H72O11/c1-41(71)80-64-37-52(81-68(77)69(26-13-20-48(69)23-24-50(72)28-43-16-9-5-10-17-43)49-22-21-45-29-51(73)35-54(53(45)34-49)44-18-11-6-12-19-44)36-57-55-39-66(79-3)62(75)32-46(55)30-58-61(74)40-59-56-38-63(76)65(78-2)33-47(56)31-60(64)70(59,67(57)58)27-25-42-14-7-4-8-15-42/h4-12,14-19,21-22,25,27,29,32-35,38-39,48,50,52,57-61,64,67,72-76H,13,20,23-24,26,28,30-31,36-37,40H2,1-3H3/b27-25+/t48-,50-,52-,57+,58+,59-,60+,61+,64+,67-,69-,70+/m0/s1. The molecule has 12 rings (SSSR count). The molecule has 11 nitrogen and oxygen atoms in total. The Hall–Kier alpha value is -7.60. The summed E-state index contributed by atoms with van der Waals surface area (Å²) in [7, 11) is 3.06. The van der Waals surface area contributed by atoms with E-state index in [9.17, 15) is 30.3 Å². The van der Waals surface area contributed by atoms with Crippen molar-refractivity contribution < 1.29 is 54.1 Å². The number of esters is 2. The molecule has 11 heteroatoms. The molecular formula is C70H72O11. The second-order valence-electron chi connectivity index (χ2n) is 23.8. The Labute approximate surface area is 473 Å². The van der Waals surface area contributed by atoms with Gasteiger partial charge in [-0.15, -0.1) is 0 Å². The number of phenolic OH excluding ortho intramolecular Hbond substituents is 3. The number of ether oxygens (including phenoxy) is 4. The van der Waals surface area contributed by atoms with E-state index in [-0.39, 0.29) is 59.2 Å². The number of aliphatic hydroxyl groups is 2. The third kappa shape index (κ3) is 9.79. The number of allylic oxidation sites excluding steroid dienone is 1. The highest BCUT2D eigenvalue weighted by atomic mass is 16.6. The SMILES string of the molecule is COc1cc2c(cc1O)[C@@H]1C[C@@H](O)[C@H]3Cc4cc(O)c(OC)cc4[C@H]4C[C@H](OC(=O)[C@@]5(c6ccc7cc(O)cc(-c8ccccc8)c7c6)CCC[C@H]5CC[C@H](O)Cc5ccccc5)C[C@@H](OC(C)=O)[C@@H](C2)[C@]1(/C=C/c1ccccc1)[C@H]34. The summed E-state index contributed by atoms with van der Waals surface area (Å²) in [6.07, 6.45) is 6.57. The monoisotopic (exact) mass is 1090 g/mol. The van der Waals surface area contributed by atoms with E-state index in [1.165, 1.54) is 21.1 Å². The smallest absolute Gasteiger partial charge is 0.317 e. The summed E-state index contributed by atoms with van der Waals surface area (Å²) in [5.41, 5.74) is 6.24. The zero-order valence-electron chi connectivity index (χ0n) is 46.2. The molecule has 0 amide bonds. The molecule has 5 aliphatic rings. The predicted octanol–water partition coefficient (Wildman–Crippen LogP) is 12.7. The van der Waals surface area contributed by atoms with Crippen LogP contribution in [0.5, 0.6) is 28.7 Å². The van der Waals surface area contributed by atoms with E-state index < -0.39 is 47.1 Å². The average Bonchev–Trinajstić information content (AvgIpc) is 2.08. The van der Waals surface area contributed by atoms with Crippen LogP contribution in [0, 0.1) is 29.1 Å². The molecule has 0 aliphatic heterocycles. The van der Waals surface area contributed by atoms with Gasteiger partial charge in [-0.1, -0.05) is 122 Å². The number of rotatable bonds is 14. The van der Waals surface area contributed by atoms with Gasteiger partial charge in [0.25, 0.3) is 0 Å².